The van der Waals surface area contributed by atoms with Crippen LogP contribution in [0.5, 0.6) is 0 Å². The highest BCUT2D eigenvalue weighted by Crippen LogP contribution is 2.20. The fourth-order valence-electron chi connectivity index (χ4n) is 1.66. The zero-order chi connectivity index (χ0) is 13.8. The second kappa shape index (κ2) is 5.57. The molecule has 2 aromatic rings. The first-order chi connectivity index (χ1) is 9.08. The van der Waals surface area contributed by atoms with Gasteiger partial charge in [-0.05, 0) is 6.92 Å². The second-order valence-electron chi connectivity index (χ2n) is 4.05. The number of nitrogens with one attached hydrogen (secondary N) is 1. The monoisotopic (exact) mass is 265 g/mol. The summed E-state index contributed by atoms with van der Waals surface area (Å²) in [6, 6.07) is 5.85. The van der Waals surface area contributed by atoms with Crippen molar-refractivity contribution in [1.29, 1.82) is 0 Å². The maximum atomic E-state index is 13.7. The molecule has 6 nitrogen and oxygen atoms in total. The summed E-state index contributed by atoms with van der Waals surface area (Å²) in [6.45, 7) is 2.35. The van der Waals surface area contributed by atoms with Gasteiger partial charge in [0.2, 0.25) is 5.82 Å². The van der Waals surface area contributed by atoms with Crippen LogP contribution in [0.25, 0.3) is 0 Å². The summed E-state index contributed by atoms with van der Waals surface area (Å²) in [5, 5.41) is 17.3. The lowest BCUT2D eigenvalue weighted by Gasteiger charge is -2.04. The van der Waals surface area contributed by atoms with Crippen molar-refractivity contribution in [2.24, 2.45) is 0 Å². The Labute approximate surface area is 108 Å². The molecule has 0 fully saturated rings. The number of hydrogen-bond acceptors (Lipinski definition) is 5. The minimum atomic E-state index is -0.811. The van der Waals surface area contributed by atoms with Gasteiger partial charge in [-0.1, -0.05) is 17.3 Å². The SMILES string of the molecule is Cc1cc(CNCc2cccc([N+](=O)[O-])c2F)on1. The molecule has 0 amide bonds. The van der Waals surface area contributed by atoms with Crippen LogP contribution in [0.2, 0.25) is 0 Å². The highest BCUT2D eigenvalue weighted by atomic mass is 19.1. The lowest BCUT2D eigenvalue weighted by atomic mass is 10.2. The molecule has 100 valence electrons. The van der Waals surface area contributed by atoms with E-state index in [9.17, 15) is 14.5 Å². The van der Waals surface area contributed by atoms with E-state index in [4.69, 9.17) is 4.52 Å². The van der Waals surface area contributed by atoms with Crippen LogP contribution in [0.4, 0.5) is 10.1 Å². The van der Waals surface area contributed by atoms with Gasteiger partial charge in [0.1, 0.15) is 0 Å². The molecule has 0 spiro atoms. The first kappa shape index (κ1) is 13.2. The van der Waals surface area contributed by atoms with E-state index in [1.807, 2.05) is 0 Å². The third-order valence-corrected chi connectivity index (χ3v) is 2.55. The summed E-state index contributed by atoms with van der Waals surface area (Å²) in [5.41, 5.74) is 0.485. The van der Waals surface area contributed by atoms with Crippen LogP contribution >= 0.6 is 0 Å². The molecule has 0 bridgehead atoms. The van der Waals surface area contributed by atoms with E-state index in [1.54, 1.807) is 13.0 Å². The van der Waals surface area contributed by atoms with Gasteiger partial charge in [0.05, 0.1) is 17.2 Å². The van der Waals surface area contributed by atoms with Gasteiger partial charge in [-0.2, -0.15) is 4.39 Å². The van der Waals surface area contributed by atoms with Gasteiger partial charge >= 0.3 is 5.69 Å². The summed E-state index contributed by atoms with van der Waals surface area (Å²) >= 11 is 0. The molecule has 7 heteroatoms. The van der Waals surface area contributed by atoms with Crippen molar-refractivity contribution in [1.82, 2.24) is 10.5 Å². The highest BCUT2D eigenvalue weighted by Gasteiger charge is 2.16. The maximum Gasteiger partial charge on any atom is 0.305 e. The molecule has 0 saturated carbocycles. The van der Waals surface area contributed by atoms with Gasteiger partial charge in [0.15, 0.2) is 5.76 Å². The first-order valence-corrected chi connectivity index (χ1v) is 5.62. The van der Waals surface area contributed by atoms with Crippen LogP contribution in [-0.4, -0.2) is 10.1 Å². The summed E-state index contributed by atoms with van der Waals surface area (Å²) in [7, 11) is 0. The number of aryl methyl sites for hydroxylation is 1. The average molecular weight is 265 g/mol. The van der Waals surface area contributed by atoms with Crippen molar-refractivity contribution < 1.29 is 13.8 Å². The Morgan fingerprint density at radius 3 is 2.89 bits per heavy atom. The predicted molar refractivity (Wildman–Crippen MR) is 64.8 cm³/mol. The molecule has 1 heterocycles. The normalized spacial score (nSPS) is 10.6. The molecule has 1 N–H and O–H groups in total. The Morgan fingerprint density at radius 1 is 1.47 bits per heavy atom. The number of rotatable bonds is 5. The van der Waals surface area contributed by atoms with E-state index in [2.05, 4.69) is 10.5 Å². The third-order valence-electron chi connectivity index (χ3n) is 2.55. The van der Waals surface area contributed by atoms with Crippen LogP contribution in [-0.2, 0) is 13.1 Å². The molecule has 0 unspecified atom stereocenters. The van der Waals surface area contributed by atoms with E-state index >= 15 is 0 Å². The van der Waals surface area contributed by atoms with Crippen LogP contribution in [0.15, 0.2) is 28.8 Å². The van der Waals surface area contributed by atoms with Crippen molar-refractivity contribution in [2.45, 2.75) is 20.0 Å². The van der Waals surface area contributed by atoms with Gasteiger partial charge in [-0.15, -0.1) is 0 Å². The summed E-state index contributed by atoms with van der Waals surface area (Å²) in [4.78, 5) is 9.86. The maximum absolute atomic E-state index is 13.7. The summed E-state index contributed by atoms with van der Waals surface area (Å²) < 4.78 is 18.7. The fourth-order valence-corrected chi connectivity index (χ4v) is 1.66. The largest absolute Gasteiger partial charge is 0.360 e. The number of halogens is 1. The Morgan fingerprint density at radius 2 is 2.26 bits per heavy atom. The summed E-state index contributed by atoms with van der Waals surface area (Å²) in [5.74, 6) is -0.183. The van der Waals surface area contributed by atoms with Crippen molar-refractivity contribution in [3.63, 3.8) is 0 Å². The number of hydrogen-bond donors (Lipinski definition) is 1. The molecule has 0 aliphatic heterocycles. The van der Waals surface area contributed by atoms with E-state index in [0.717, 1.165) is 11.8 Å². The number of nitro groups is 1. The Balaban J connectivity index is 2.00. The van der Waals surface area contributed by atoms with E-state index in [0.29, 0.717) is 12.3 Å². The Bertz CT molecular complexity index is 598. The average Bonchev–Trinajstić information content (AvgIpc) is 2.77. The second-order valence-corrected chi connectivity index (χ2v) is 4.05. The molecule has 0 atom stereocenters. The fraction of sp³-hybridized carbons (Fsp3) is 0.250. The summed E-state index contributed by atoms with van der Waals surface area (Å²) in [6.07, 6.45) is 0. The van der Waals surface area contributed by atoms with E-state index in [1.165, 1.54) is 12.1 Å². The minimum absolute atomic E-state index is 0.174. The molecular weight excluding hydrogens is 253 g/mol. The van der Waals surface area contributed by atoms with Crippen molar-refractivity contribution >= 4 is 5.69 Å². The molecule has 0 radical (unpaired) electrons. The number of aromatic nitrogens is 1. The lowest BCUT2D eigenvalue weighted by Crippen LogP contribution is -2.13. The van der Waals surface area contributed by atoms with Gasteiger partial charge in [-0.25, -0.2) is 0 Å². The third kappa shape index (κ3) is 3.14. The zero-order valence-corrected chi connectivity index (χ0v) is 10.2. The molecule has 1 aromatic heterocycles. The van der Waals surface area contributed by atoms with Crippen LogP contribution in [0.1, 0.15) is 17.0 Å². The smallest absolute Gasteiger partial charge is 0.305 e. The first-order valence-electron chi connectivity index (χ1n) is 5.62. The minimum Gasteiger partial charge on any atom is -0.360 e. The quantitative estimate of drug-likeness (QED) is 0.662. The van der Waals surface area contributed by atoms with E-state index in [-0.39, 0.29) is 12.1 Å². The standard InChI is InChI=1S/C12H12FN3O3/c1-8-5-10(19-15-8)7-14-6-9-3-2-4-11(12(9)13)16(17)18/h2-5,14H,6-7H2,1H3. The molecule has 1 aromatic carbocycles. The zero-order valence-electron chi connectivity index (χ0n) is 10.2. The highest BCUT2D eigenvalue weighted by molar-refractivity contribution is 5.36. The number of nitro benzene ring substituents is 1. The van der Waals surface area contributed by atoms with Crippen LogP contribution < -0.4 is 5.32 Å². The van der Waals surface area contributed by atoms with Crippen LogP contribution in [0.3, 0.4) is 0 Å². The van der Waals surface area contributed by atoms with Crippen molar-refractivity contribution in [3.8, 4) is 0 Å². The van der Waals surface area contributed by atoms with Crippen molar-refractivity contribution in [2.75, 3.05) is 0 Å². The molecule has 0 saturated heterocycles. The number of benzene rings is 1. The molecule has 19 heavy (non-hydrogen) atoms. The van der Waals surface area contributed by atoms with Gasteiger partial charge in [0.25, 0.3) is 0 Å². The molecule has 0 aliphatic carbocycles. The topological polar surface area (TPSA) is 81.2 Å². The Kier molecular flexibility index (Phi) is 3.86. The Hall–Kier alpha value is -2.28. The molecule has 0 aliphatic rings. The van der Waals surface area contributed by atoms with Crippen LogP contribution in [0, 0.1) is 22.9 Å². The predicted octanol–water partition coefficient (Wildman–Crippen LogP) is 2.32. The van der Waals surface area contributed by atoms with Crippen molar-refractivity contribution in [3.05, 3.63) is 57.2 Å². The number of nitrogens with zero attached hydrogens (tertiary/aromatic N) is 2. The lowest BCUT2D eigenvalue weighted by molar-refractivity contribution is -0.387. The van der Waals surface area contributed by atoms with E-state index < -0.39 is 16.4 Å². The molecule has 2 rings (SSSR count). The van der Waals surface area contributed by atoms with Gasteiger partial charge in [-0.3, -0.25) is 10.1 Å². The van der Waals surface area contributed by atoms with Gasteiger partial charge in [0, 0.05) is 24.2 Å². The molecular formula is C12H12FN3O3. The van der Waals surface area contributed by atoms with Gasteiger partial charge < -0.3 is 9.84 Å².